The van der Waals surface area contributed by atoms with Gasteiger partial charge in [-0.1, -0.05) is 140 Å². The molecule has 0 spiro atoms. The van der Waals surface area contributed by atoms with Crippen molar-refractivity contribution in [2.45, 2.75) is 0 Å². The molecule has 9 aromatic rings. The van der Waals surface area contributed by atoms with Crippen LogP contribution in [0.5, 0.6) is 0 Å². The summed E-state index contributed by atoms with van der Waals surface area (Å²) in [6.07, 6.45) is 3.92. The maximum Gasteiger partial charge on any atom is 0.160 e. The van der Waals surface area contributed by atoms with Crippen LogP contribution in [-0.4, -0.2) is 24.3 Å². The van der Waals surface area contributed by atoms with Gasteiger partial charge in [0.05, 0.1) is 22.8 Å². The molecule has 0 atom stereocenters. The summed E-state index contributed by atoms with van der Waals surface area (Å²) in [6.45, 7) is 0. The molecule has 0 unspecified atom stereocenters. The van der Waals surface area contributed by atoms with Gasteiger partial charge in [-0.3, -0.25) is 9.38 Å². The van der Waals surface area contributed by atoms with E-state index in [2.05, 4.69) is 126 Å². The summed E-state index contributed by atoms with van der Waals surface area (Å²) < 4.78 is 2.14. The fourth-order valence-corrected chi connectivity index (χ4v) is 6.47. The van der Waals surface area contributed by atoms with Crippen LogP contribution < -0.4 is 0 Å². The van der Waals surface area contributed by atoms with Crippen LogP contribution in [-0.2, 0) is 0 Å². The van der Waals surface area contributed by atoms with Crippen molar-refractivity contribution in [1.82, 2.24) is 24.3 Å². The highest BCUT2D eigenvalue weighted by Crippen LogP contribution is 2.36. The highest BCUT2D eigenvalue weighted by Gasteiger charge is 2.19. The lowest BCUT2D eigenvalue weighted by molar-refractivity contribution is 1.18. The monoisotopic (exact) mass is 627 g/mol. The van der Waals surface area contributed by atoms with Crippen LogP contribution in [0.4, 0.5) is 0 Å². The Labute approximate surface area is 283 Å². The Kier molecular flexibility index (Phi) is 7.06. The number of aromatic nitrogens is 5. The molecule has 4 aromatic heterocycles. The van der Waals surface area contributed by atoms with Gasteiger partial charge < -0.3 is 0 Å². The molecule has 49 heavy (non-hydrogen) atoms. The number of fused-ring (bicyclic) bond motifs is 2. The molecular formula is C44H29N5. The summed E-state index contributed by atoms with van der Waals surface area (Å²) in [5.41, 5.74) is 11.7. The normalized spacial score (nSPS) is 11.3. The average Bonchev–Trinajstić information content (AvgIpc) is 3.58. The van der Waals surface area contributed by atoms with Crippen molar-refractivity contribution in [3.05, 3.63) is 176 Å². The van der Waals surface area contributed by atoms with E-state index >= 15 is 0 Å². The smallest absolute Gasteiger partial charge is 0.160 e. The van der Waals surface area contributed by atoms with E-state index in [1.165, 1.54) is 11.1 Å². The standard InChI is InChI=1S/C44H29N5/c1-3-11-30(12-4-1)31-18-20-33(21-19-31)38-29-39(47-44(46-38)36-14-5-2-6-15-36)34-22-24-35(25-23-34)43-42(48-40-17-9-10-28-49(40)43)41-37-16-8-7-13-32(37)26-27-45-41/h1-29H. The molecule has 0 fully saturated rings. The van der Waals surface area contributed by atoms with Crippen LogP contribution >= 0.6 is 0 Å². The first kappa shape index (κ1) is 28.5. The van der Waals surface area contributed by atoms with Crippen LogP contribution in [0, 0.1) is 0 Å². The van der Waals surface area contributed by atoms with Gasteiger partial charge in [0.25, 0.3) is 0 Å². The highest BCUT2D eigenvalue weighted by molar-refractivity contribution is 5.97. The van der Waals surface area contributed by atoms with Gasteiger partial charge in [-0.15, -0.1) is 0 Å². The van der Waals surface area contributed by atoms with Crippen molar-refractivity contribution in [2.24, 2.45) is 0 Å². The molecule has 0 radical (unpaired) electrons. The van der Waals surface area contributed by atoms with Gasteiger partial charge in [-0.2, -0.15) is 0 Å². The quantitative estimate of drug-likeness (QED) is 0.184. The number of rotatable bonds is 6. The first-order valence-corrected chi connectivity index (χ1v) is 16.3. The minimum absolute atomic E-state index is 0.690. The molecule has 5 heteroatoms. The first-order chi connectivity index (χ1) is 24.3. The zero-order valence-corrected chi connectivity index (χ0v) is 26.5. The largest absolute Gasteiger partial charge is 0.299 e. The lowest BCUT2D eigenvalue weighted by atomic mass is 10.0. The van der Waals surface area contributed by atoms with E-state index in [0.717, 1.165) is 67.1 Å². The predicted octanol–water partition coefficient (Wildman–Crippen LogP) is 10.7. The average molecular weight is 628 g/mol. The zero-order chi connectivity index (χ0) is 32.6. The Morgan fingerprint density at radius 1 is 0.408 bits per heavy atom. The third-order valence-electron chi connectivity index (χ3n) is 8.93. The third kappa shape index (κ3) is 5.33. The van der Waals surface area contributed by atoms with E-state index in [0.29, 0.717) is 5.82 Å². The van der Waals surface area contributed by atoms with Crippen molar-refractivity contribution in [3.63, 3.8) is 0 Å². The molecule has 230 valence electrons. The van der Waals surface area contributed by atoms with Crippen LogP contribution in [0.3, 0.4) is 0 Å². The van der Waals surface area contributed by atoms with Gasteiger partial charge >= 0.3 is 0 Å². The Hall–Kier alpha value is -6.72. The molecule has 0 N–H and O–H groups in total. The summed E-state index contributed by atoms with van der Waals surface area (Å²) in [6, 6.07) is 56.3. The van der Waals surface area contributed by atoms with E-state index in [-0.39, 0.29) is 0 Å². The van der Waals surface area contributed by atoms with Crippen molar-refractivity contribution >= 4 is 16.4 Å². The molecule has 0 aliphatic rings. The summed E-state index contributed by atoms with van der Waals surface area (Å²) in [4.78, 5) is 20.0. The highest BCUT2D eigenvalue weighted by atomic mass is 15.0. The number of benzene rings is 5. The summed E-state index contributed by atoms with van der Waals surface area (Å²) >= 11 is 0. The summed E-state index contributed by atoms with van der Waals surface area (Å²) in [5, 5.41) is 2.21. The van der Waals surface area contributed by atoms with Crippen molar-refractivity contribution < 1.29 is 0 Å². The maximum atomic E-state index is 5.09. The number of nitrogens with zero attached hydrogens (tertiary/aromatic N) is 5. The van der Waals surface area contributed by atoms with E-state index < -0.39 is 0 Å². The van der Waals surface area contributed by atoms with Crippen LogP contribution in [0.15, 0.2) is 176 Å². The molecule has 5 aromatic carbocycles. The minimum atomic E-state index is 0.690. The molecule has 0 saturated heterocycles. The van der Waals surface area contributed by atoms with Crippen molar-refractivity contribution in [3.8, 4) is 67.7 Å². The summed E-state index contributed by atoms with van der Waals surface area (Å²) in [7, 11) is 0. The Bertz CT molecular complexity index is 2570. The molecular weight excluding hydrogens is 599 g/mol. The van der Waals surface area contributed by atoms with Gasteiger partial charge in [0, 0.05) is 40.0 Å². The fraction of sp³-hybridized carbons (Fsp3) is 0. The second kappa shape index (κ2) is 12.1. The SMILES string of the molecule is c1ccc(-c2ccc(-c3cc(-c4ccc(-c5c(-c6nccc7ccccc67)nc6ccccn56)cc4)nc(-c4ccccc4)n3)cc2)cc1. The Morgan fingerprint density at radius 3 is 1.69 bits per heavy atom. The van der Waals surface area contributed by atoms with Gasteiger partial charge in [0.2, 0.25) is 0 Å². The number of pyridine rings is 2. The fourth-order valence-electron chi connectivity index (χ4n) is 6.47. The predicted molar refractivity (Wildman–Crippen MR) is 199 cm³/mol. The van der Waals surface area contributed by atoms with E-state index in [4.69, 9.17) is 19.9 Å². The lowest BCUT2D eigenvalue weighted by Crippen LogP contribution is -1.96. The second-order valence-electron chi connectivity index (χ2n) is 12.0. The Balaban J connectivity index is 1.15. The third-order valence-corrected chi connectivity index (χ3v) is 8.93. The van der Waals surface area contributed by atoms with Gasteiger partial charge in [0.15, 0.2) is 5.82 Å². The van der Waals surface area contributed by atoms with Crippen molar-refractivity contribution in [1.29, 1.82) is 0 Å². The van der Waals surface area contributed by atoms with E-state index in [9.17, 15) is 0 Å². The van der Waals surface area contributed by atoms with Crippen LogP contribution in [0.25, 0.3) is 84.1 Å². The van der Waals surface area contributed by atoms with Gasteiger partial charge in [-0.05, 0) is 40.8 Å². The van der Waals surface area contributed by atoms with E-state index in [1.54, 1.807) is 0 Å². The van der Waals surface area contributed by atoms with Crippen molar-refractivity contribution in [2.75, 3.05) is 0 Å². The zero-order valence-electron chi connectivity index (χ0n) is 26.5. The van der Waals surface area contributed by atoms with Gasteiger partial charge in [0.1, 0.15) is 11.3 Å². The molecule has 0 aliphatic carbocycles. The molecule has 0 aliphatic heterocycles. The van der Waals surface area contributed by atoms with Crippen LogP contribution in [0.1, 0.15) is 0 Å². The molecule has 0 bridgehead atoms. The van der Waals surface area contributed by atoms with Gasteiger partial charge in [-0.25, -0.2) is 15.0 Å². The lowest BCUT2D eigenvalue weighted by Gasteiger charge is -2.11. The Morgan fingerprint density at radius 2 is 0.980 bits per heavy atom. The number of imidazole rings is 1. The summed E-state index contributed by atoms with van der Waals surface area (Å²) in [5.74, 6) is 0.690. The molecule has 0 amide bonds. The topological polar surface area (TPSA) is 56.0 Å². The second-order valence-corrected chi connectivity index (χ2v) is 12.0. The minimum Gasteiger partial charge on any atom is -0.299 e. The number of hydrogen-bond donors (Lipinski definition) is 0. The van der Waals surface area contributed by atoms with Crippen LogP contribution in [0.2, 0.25) is 0 Å². The van der Waals surface area contributed by atoms with E-state index in [1.807, 2.05) is 54.7 Å². The first-order valence-electron chi connectivity index (χ1n) is 16.3. The molecule has 5 nitrogen and oxygen atoms in total. The molecule has 0 saturated carbocycles. The maximum absolute atomic E-state index is 5.09. The molecule has 4 heterocycles. The molecule has 9 rings (SSSR count). The number of hydrogen-bond acceptors (Lipinski definition) is 4.